The summed E-state index contributed by atoms with van der Waals surface area (Å²) in [5, 5.41) is 11.7. The Morgan fingerprint density at radius 1 is 1.15 bits per heavy atom. The summed E-state index contributed by atoms with van der Waals surface area (Å²) in [7, 11) is -2.47. The number of nitro benzene ring substituents is 1. The Morgan fingerprint density at radius 2 is 1.85 bits per heavy atom. The van der Waals surface area contributed by atoms with Crippen LogP contribution in [0.5, 0.6) is 0 Å². The Morgan fingerprint density at radius 3 is 2.48 bits per heavy atom. The largest absolute Gasteiger partial charge is 0.359 e. The van der Waals surface area contributed by atoms with Gasteiger partial charge in [0.25, 0.3) is 5.69 Å². The second kappa shape index (κ2) is 7.66. The first-order chi connectivity index (χ1) is 12.8. The normalized spacial score (nSPS) is 20.4. The van der Waals surface area contributed by atoms with Crippen LogP contribution in [0.3, 0.4) is 0 Å². The first kappa shape index (κ1) is 19.3. The van der Waals surface area contributed by atoms with Gasteiger partial charge in [0.1, 0.15) is 5.69 Å². The molecule has 0 aromatic heterocycles. The van der Waals surface area contributed by atoms with Gasteiger partial charge in [-0.15, -0.1) is 0 Å². The monoisotopic (exact) mass is 389 g/mol. The van der Waals surface area contributed by atoms with Gasteiger partial charge in [-0.2, -0.15) is 0 Å². The first-order valence-electron chi connectivity index (χ1n) is 8.87. The Bertz CT molecular complexity index is 931. The van der Waals surface area contributed by atoms with Crippen LogP contribution in [0.4, 0.5) is 11.4 Å². The third kappa shape index (κ3) is 3.96. The van der Waals surface area contributed by atoms with Gasteiger partial charge >= 0.3 is 0 Å². The Kier molecular flexibility index (Phi) is 5.48. The maximum absolute atomic E-state index is 12.1. The maximum Gasteiger partial charge on any atom is 0.293 e. The van der Waals surface area contributed by atoms with Crippen molar-refractivity contribution in [3.8, 4) is 0 Å². The minimum Gasteiger partial charge on any atom is -0.359 e. The summed E-state index contributed by atoms with van der Waals surface area (Å²) in [5.41, 5.74) is 1.36. The van der Waals surface area contributed by atoms with Crippen LogP contribution < -0.4 is 9.62 Å². The highest BCUT2D eigenvalue weighted by molar-refractivity contribution is 7.89. The van der Waals surface area contributed by atoms with E-state index in [1.165, 1.54) is 13.1 Å². The molecule has 1 saturated heterocycles. The van der Waals surface area contributed by atoms with Gasteiger partial charge in [0.15, 0.2) is 0 Å². The van der Waals surface area contributed by atoms with Crippen molar-refractivity contribution < 1.29 is 13.3 Å². The molecular formula is C19H23N3O4S. The molecule has 0 spiro atoms. The zero-order valence-electron chi connectivity index (χ0n) is 15.3. The highest BCUT2D eigenvalue weighted by atomic mass is 32.2. The minimum atomic E-state index is -3.75. The molecule has 1 aliphatic rings. The topological polar surface area (TPSA) is 92.6 Å². The number of nitrogens with one attached hydrogen (secondary N) is 1. The van der Waals surface area contributed by atoms with Crippen LogP contribution in [0.15, 0.2) is 53.4 Å². The van der Waals surface area contributed by atoms with Crippen molar-refractivity contribution >= 4 is 21.4 Å². The molecule has 2 aromatic carbocycles. The zero-order chi connectivity index (χ0) is 19.6. The fourth-order valence-corrected chi connectivity index (χ4v) is 4.37. The lowest BCUT2D eigenvalue weighted by atomic mass is 9.89. The standard InChI is InChI=1S/C19H23N3O4S/c1-14-8-10-17(15-6-4-3-5-7-15)21(13-14)18-11-9-16(27(25,26)20-2)12-19(18)22(23)24/h3-7,9,11-12,14,17,20H,8,10,13H2,1-2H3/t14-,17-/m1/s1. The van der Waals surface area contributed by atoms with Crippen molar-refractivity contribution in [1.29, 1.82) is 0 Å². The number of hydrogen-bond donors (Lipinski definition) is 1. The van der Waals surface area contributed by atoms with Gasteiger partial charge in [-0.1, -0.05) is 37.3 Å². The number of hydrogen-bond acceptors (Lipinski definition) is 5. The summed E-state index contributed by atoms with van der Waals surface area (Å²) in [5.74, 6) is 0.394. The summed E-state index contributed by atoms with van der Waals surface area (Å²) in [6.45, 7) is 2.80. The van der Waals surface area contributed by atoms with Crippen LogP contribution in [-0.4, -0.2) is 26.9 Å². The predicted octanol–water partition coefficient (Wildman–Crippen LogP) is 3.48. The number of nitrogens with zero attached hydrogens (tertiary/aromatic N) is 2. The third-order valence-corrected chi connectivity index (χ3v) is 6.45. The van der Waals surface area contributed by atoms with E-state index in [1.807, 2.05) is 35.2 Å². The molecule has 1 heterocycles. The van der Waals surface area contributed by atoms with Crippen molar-refractivity contribution in [2.24, 2.45) is 5.92 Å². The number of benzene rings is 2. The van der Waals surface area contributed by atoms with Gasteiger partial charge in [-0.25, -0.2) is 13.1 Å². The molecule has 0 bridgehead atoms. The molecule has 1 N–H and O–H groups in total. The third-order valence-electron chi connectivity index (χ3n) is 5.03. The van der Waals surface area contributed by atoms with Gasteiger partial charge in [0, 0.05) is 12.6 Å². The molecule has 2 atom stereocenters. The highest BCUT2D eigenvalue weighted by Gasteiger charge is 2.32. The number of rotatable bonds is 5. The van der Waals surface area contributed by atoms with Crippen LogP contribution in [0.1, 0.15) is 31.4 Å². The molecule has 8 heteroatoms. The van der Waals surface area contributed by atoms with E-state index in [0.717, 1.165) is 24.5 Å². The Balaban J connectivity index is 2.10. The van der Waals surface area contributed by atoms with Crippen LogP contribution >= 0.6 is 0 Å². The lowest BCUT2D eigenvalue weighted by Gasteiger charge is -2.40. The molecule has 1 fully saturated rings. The predicted molar refractivity (Wildman–Crippen MR) is 104 cm³/mol. The van der Waals surface area contributed by atoms with Crippen molar-refractivity contribution in [1.82, 2.24) is 4.72 Å². The Hall–Kier alpha value is -2.45. The average Bonchev–Trinajstić information content (AvgIpc) is 2.68. The van der Waals surface area contributed by atoms with E-state index in [2.05, 4.69) is 11.6 Å². The molecule has 0 amide bonds. The van der Waals surface area contributed by atoms with E-state index in [1.54, 1.807) is 6.07 Å². The van der Waals surface area contributed by atoms with E-state index in [4.69, 9.17) is 0 Å². The van der Waals surface area contributed by atoms with Crippen LogP contribution in [0, 0.1) is 16.0 Å². The van der Waals surface area contributed by atoms with Crippen LogP contribution in [0.25, 0.3) is 0 Å². The summed E-state index contributed by atoms with van der Waals surface area (Å²) in [6, 6.07) is 14.1. The van der Waals surface area contributed by atoms with E-state index >= 15 is 0 Å². The van der Waals surface area contributed by atoms with Crippen LogP contribution in [0.2, 0.25) is 0 Å². The maximum atomic E-state index is 12.1. The molecule has 27 heavy (non-hydrogen) atoms. The highest BCUT2D eigenvalue weighted by Crippen LogP contribution is 2.41. The summed E-state index contributed by atoms with van der Waals surface area (Å²) in [4.78, 5) is 13.1. The fraction of sp³-hybridized carbons (Fsp3) is 0.368. The number of anilines is 1. The molecule has 144 valence electrons. The summed E-state index contributed by atoms with van der Waals surface area (Å²) < 4.78 is 26.3. The molecular weight excluding hydrogens is 366 g/mol. The second-order valence-corrected chi connectivity index (χ2v) is 8.76. The number of piperidine rings is 1. The molecule has 0 saturated carbocycles. The molecule has 0 radical (unpaired) electrons. The van der Waals surface area contributed by atoms with Crippen LogP contribution in [-0.2, 0) is 10.0 Å². The lowest BCUT2D eigenvalue weighted by molar-refractivity contribution is -0.384. The quantitative estimate of drug-likeness (QED) is 0.624. The number of nitro groups is 1. The molecule has 3 rings (SSSR count). The SMILES string of the molecule is CNS(=O)(=O)c1ccc(N2C[C@H](C)CC[C@@H]2c2ccccc2)c([N+](=O)[O-])c1. The first-order valence-corrected chi connectivity index (χ1v) is 10.4. The lowest BCUT2D eigenvalue weighted by Crippen LogP contribution is -2.37. The molecule has 2 aromatic rings. The summed E-state index contributed by atoms with van der Waals surface area (Å²) in [6.07, 6.45) is 1.93. The molecule has 7 nitrogen and oxygen atoms in total. The van der Waals surface area contributed by atoms with Gasteiger partial charge in [-0.05, 0) is 43.5 Å². The van der Waals surface area contributed by atoms with Crippen molar-refractivity contribution in [2.75, 3.05) is 18.5 Å². The van der Waals surface area contributed by atoms with E-state index < -0.39 is 14.9 Å². The molecule has 0 unspecified atom stereocenters. The second-order valence-electron chi connectivity index (χ2n) is 6.88. The van der Waals surface area contributed by atoms with Crippen molar-refractivity contribution in [3.05, 3.63) is 64.2 Å². The van der Waals surface area contributed by atoms with Gasteiger partial charge in [0.05, 0.1) is 15.9 Å². The van der Waals surface area contributed by atoms with E-state index in [-0.39, 0.29) is 16.6 Å². The number of sulfonamides is 1. The van der Waals surface area contributed by atoms with Gasteiger partial charge in [0.2, 0.25) is 10.0 Å². The van der Waals surface area contributed by atoms with E-state index in [0.29, 0.717) is 18.2 Å². The Labute approximate surface area is 159 Å². The van der Waals surface area contributed by atoms with Gasteiger partial charge < -0.3 is 4.90 Å². The molecule has 1 aliphatic heterocycles. The fourth-order valence-electron chi connectivity index (χ4n) is 3.62. The van der Waals surface area contributed by atoms with Crippen molar-refractivity contribution in [2.45, 2.75) is 30.7 Å². The van der Waals surface area contributed by atoms with Gasteiger partial charge in [-0.3, -0.25) is 10.1 Å². The average molecular weight is 389 g/mol. The summed E-state index contributed by atoms with van der Waals surface area (Å²) >= 11 is 0. The van der Waals surface area contributed by atoms with Crippen molar-refractivity contribution in [3.63, 3.8) is 0 Å². The van der Waals surface area contributed by atoms with E-state index in [9.17, 15) is 18.5 Å². The zero-order valence-corrected chi connectivity index (χ0v) is 16.1. The minimum absolute atomic E-state index is 0.0212. The molecule has 0 aliphatic carbocycles. The smallest absolute Gasteiger partial charge is 0.293 e.